The highest BCUT2D eigenvalue weighted by Gasteiger charge is 2.14. The number of nitrogens with one attached hydrogen (secondary N) is 1. The second-order valence-corrected chi connectivity index (χ2v) is 4.43. The summed E-state index contributed by atoms with van der Waals surface area (Å²) in [5.41, 5.74) is 1.57. The van der Waals surface area contributed by atoms with Gasteiger partial charge in [0.2, 0.25) is 0 Å². The van der Waals surface area contributed by atoms with Gasteiger partial charge in [0, 0.05) is 5.02 Å². The zero-order valence-corrected chi connectivity index (χ0v) is 10.8. The molecule has 0 aliphatic carbocycles. The fraction of sp³-hybridized carbons (Fsp3) is 0.214. The van der Waals surface area contributed by atoms with E-state index in [4.69, 9.17) is 16.0 Å². The van der Waals surface area contributed by atoms with Gasteiger partial charge in [0.1, 0.15) is 6.26 Å². The Balaban J connectivity index is 2.10. The topological polar surface area (TPSA) is 42.2 Å². The molecule has 1 aromatic carbocycles. The SMILES string of the molecule is CCC(NC(=O)c1ccoc1)c1ccc(Cl)cc1. The van der Waals surface area contributed by atoms with Gasteiger partial charge in [-0.2, -0.15) is 0 Å². The minimum Gasteiger partial charge on any atom is -0.472 e. The Hall–Kier alpha value is -1.74. The van der Waals surface area contributed by atoms with E-state index in [2.05, 4.69) is 5.32 Å². The lowest BCUT2D eigenvalue weighted by Gasteiger charge is -2.17. The number of benzene rings is 1. The molecule has 1 amide bonds. The van der Waals surface area contributed by atoms with Crippen LogP contribution in [0.15, 0.2) is 47.3 Å². The highest BCUT2D eigenvalue weighted by atomic mass is 35.5. The summed E-state index contributed by atoms with van der Waals surface area (Å²) in [4.78, 5) is 11.9. The van der Waals surface area contributed by atoms with Crippen molar-refractivity contribution in [2.75, 3.05) is 0 Å². The number of hydrogen-bond donors (Lipinski definition) is 1. The summed E-state index contributed by atoms with van der Waals surface area (Å²) >= 11 is 5.85. The van der Waals surface area contributed by atoms with Crippen molar-refractivity contribution in [1.82, 2.24) is 5.32 Å². The van der Waals surface area contributed by atoms with Crippen molar-refractivity contribution in [1.29, 1.82) is 0 Å². The first-order valence-electron chi connectivity index (χ1n) is 5.79. The van der Waals surface area contributed by atoms with Gasteiger partial charge in [-0.1, -0.05) is 30.7 Å². The molecule has 0 aliphatic rings. The maximum Gasteiger partial charge on any atom is 0.255 e. The second-order valence-electron chi connectivity index (χ2n) is 4.00. The average Bonchev–Trinajstić information content (AvgIpc) is 2.91. The Labute approximate surface area is 111 Å². The van der Waals surface area contributed by atoms with E-state index in [1.807, 2.05) is 31.2 Å². The van der Waals surface area contributed by atoms with Gasteiger partial charge in [-0.05, 0) is 30.2 Å². The van der Waals surface area contributed by atoms with E-state index in [-0.39, 0.29) is 11.9 Å². The zero-order valence-electron chi connectivity index (χ0n) is 10.0. The van der Waals surface area contributed by atoms with Crippen LogP contribution >= 0.6 is 11.6 Å². The fourth-order valence-electron chi connectivity index (χ4n) is 1.75. The van der Waals surface area contributed by atoms with E-state index in [1.54, 1.807) is 6.07 Å². The number of furan rings is 1. The normalized spacial score (nSPS) is 12.1. The maximum absolute atomic E-state index is 11.9. The van der Waals surface area contributed by atoms with Crippen molar-refractivity contribution in [3.05, 3.63) is 59.0 Å². The Morgan fingerprint density at radius 2 is 2.06 bits per heavy atom. The molecule has 1 aromatic heterocycles. The van der Waals surface area contributed by atoms with Crippen LogP contribution in [0.4, 0.5) is 0 Å². The number of carbonyl (C=O) groups is 1. The number of amides is 1. The first kappa shape index (κ1) is 12.7. The summed E-state index contributed by atoms with van der Waals surface area (Å²) in [5.74, 6) is -0.134. The lowest BCUT2D eigenvalue weighted by atomic mass is 10.0. The number of rotatable bonds is 4. The molecule has 2 aromatic rings. The van der Waals surface area contributed by atoms with Crippen LogP contribution < -0.4 is 5.32 Å². The lowest BCUT2D eigenvalue weighted by Crippen LogP contribution is -2.27. The first-order chi connectivity index (χ1) is 8.70. The highest BCUT2D eigenvalue weighted by Crippen LogP contribution is 2.19. The number of halogens is 1. The zero-order chi connectivity index (χ0) is 13.0. The van der Waals surface area contributed by atoms with E-state index in [1.165, 1.54) is 12.5 Å². The van der Waals surface area contributed by atoms with Gasteiger partial charge in [-0.25, -0.2) is 0 Å². The third-order valence-corrected chi connectivity index (χ3v) is 3.02. The Bertz CT molecular complexity index is 505. The minimum absolute atomic E-state index is 0.0235. The van der Waals surface area contributed by atoms with E-state index >= 15 is 0 Å². The molecular weight excluding hydrogens is 250 g/mol. The third-order valence-electron chi connectivity index (χ3n) is 2.77. The molecule has 1 N–H and O–H groups in total. The Morgan fingerprint density at radius 1 is 1.33 bits per heavy atom. The van der Waals surface area contributed by atoms with Crippen molar-refractivity contribution in [3.8, 4) is 0 Å². The smallest absolute Gasteiger partial charge is 0.255 e. The van der Waals surface area contributed by atoms with Crippen LogP contribution in [-0.2, 0) is 0 Å². The predicted octanol–water partition coefficient (Wildman–Crippen LogP) is 3.81. The molecular formula is C14H14ClNO2. The largest absolute Gasteiger partial charge is 0.472 e. The van der Waals surface area contributed by atoms with Crippen molar-refractivity contribution in [2.24, 2.45) is 0 Å². The molecule has 18 heavy (non-hydrogen) atoms. The van der Waals surface area contributed by atoms with Crippen LogP contribution in [0.2, 0.25) is 5.02 Å². The first-order valence-corrected chi connectivity index (χ1v) is 6.17. The average molecular weight is 264 g/mol. The number of carbonyl (C=O) groups excluding carboxylic acids is 1. The van der Waals surface area contributed by atoms with E-state index in [0.29, 0.717) is 10.6 Å². The Morgan fingerprint density at radius 3 is 2.61 bits per heavy atom. The van der Waals surface area contributed by atoms with E-state index < -0.39 is 0 Å². The quantitative estimate of drug-likeness (QED) is 0.911. The van der Waals surface area contributed by atoms with Crippen molar-refractivity contribution >= 4 is 17.5 Å². The van der Waals surface area contributed by atoms with Crippen molar-refractivity contribution in [3.63, 3.8) is 0 Å². The van der Waals surface area contributed by atoms with Gasteiger partial charge in [0.15, 0.2) is 0 Å². The summed E-state index contributed by atoms with van der Waals surface area (Å²) in [5, 5.41) is 3.65. The van der Waals surface area contributed by atoms with Gasteiger partial charge in [-0.15, -0.1) is 0 Å². The van der Waals surface area contributed by atoms with Crippen molar-refractivity contribution in [2.45, 2.75) is 19.4 Å². The molecule has 0 spiro atoms. The summed E-state index contributed by atoms with van der Waals surface area (Å²) in [6.07, 6.45) is 3.73. The monoisotopic (exact) mass is 263 g/mol. The molecule has 94 valence electrons. The maximum atomic E-state index is 11.9. The summed E-state index contributed by atoms with van der Waals surface area (Å²) in [7, 11) is 0. The number of hydrogen-bond acceptors (Lipinski definition) is 2. The Kier molecular flexibility index (Phi) is 4.05. The molecule has 0 bridgehead atoms. The molecule has 1 heterocycles. The molecule has 0 fully saturated rings. The van der Waals surface area contributed by atoms with E-state index in [0.717, 1.165) is 12.0 Å². The molecule has 0 saturated carbocycles. The third kappa shape index (κ3) is 2.93. The van der Waals surface area contributed by atoms with Crippen molar-refractivity contribution < 1.29 is 9.21 Å². The van der Waals surface area contributed by atoms with Crippen LogP contribution in [0.3, 0.4) is 0 Å². The van der Waals surface area contributed by atoms with Crippen LogP contribution in [0.25, 0.3) is 0 Å². The van der Waals surface area contributed by atoms with Crippen LogP contribution in [-0.4, -0.2) is 5.91 Å². The summed E-state index contributed by atoms with van der Waals surface area (Å²) < 4.78 is 4.89. The molecule has 0 aliphatic heterocycles. The van der Waals surface area contributed by atoms with Gasteiger partial charge in [-0.3, -0.25) is 4.79 Å². The van der Waals surface area contributed by atoms with Gasteiger partial charge in [0.05, 0.1) is 17.9 Å². The van der Waals surface area contributed by atoms with Crippen LogP contribution in [0.5, 0.6) is 0 Å². The molecule has 2 rings (SSSR count). The van der Waals surface area contributed by atoms with Gasteiger partial charge >= 0.3 is 0 Å². The van der Waals surface area contributed by atoms with Crippen LogP contribution in [0, 0.1) is 0 Å². The predicted molar refractivity (Wildman–Crippen MR) is 70.7 cm³/mol. The molecule has 1 unspecified atom stereocenters. The van der Waals surface area contributed by atoms with Crippen LogP contribution in [0.1, 0.15) is 35.3 Å². The molecule has 0 saturated heterocycles. The van der Waals surface area contributed by atoms with Gasteiger partial charge in [0.25, 0.3) is 5.91 Å². The van der Waals surface area contributed by atoms with E-state index in [9.17, 15) is 4.79 Å². The lowest BCUT2D eigenvalue weighted by molar-refractivity contribution is 0.0935. The minimum atomic E-state index is -0.134. The molecule has 1 atom stereocenters. The summed E-state index contributed by atoms with van der Waals surface area (Å²) in [6.45, 7) is 2.02. The fourth-order valence-corrected chi connectivity index (χ4v) is 1.88. The molecule has 4 heteroatoms. The highest BCUT2D eigenvalue weighted by molar-refractivity contribution is 6.30. The second kappa shape index (κ2) is 5.74. The molecule has 3 nitrogen and oxygen atoms in total. The summed E-state index contributed by atoms with van der Waals surface area (Å²) in [6, 6.07) is 9.11. The van der Waals surface area contributed by atoms with Gasteiger partial charge < -0.3 is 9.73 Å². The molecule has 0 radical (unpaired) electrons. The standard InChI is InChI=1S/C14H14ClNO2/c1-2-13(10-3-5-12(15)6-4-10)16-14(17)11-7-8-18-9-11/h3-9,13H,2H2,1H3,(H,16,17).